The molecule has 6 aromatic rings. The van der Waals surface area contributed by atoms with Crippen LogP contribution in [-0.2, 0) is 20.1 Å². The molecule has 3 heterocycles. The molecule has 0 aliphatic heterocycles. The van der Waals surface area contributed by atoms with Gasteiger partial charge in [0.1, 0.15) is 0 Å². The summed E-state index contributed by atoms with van der Waals surface area (Å²) in [7, 11) is 0. The number of para-hydroxylation sites is 1. The fourth-order valence-corrected chi connectivity index (χ4v) is 4.07. The van der Waals surface area contributed by atoms with Gasteiger partial charge in [-0.15, -0.1) is 71.3 Å². The summed E-state index contributed by atoms with van der Waals surface area (Å²) in [5.74, 6) is 1.21. The van der Waals surface area contributed by atoms with Gasteiger partial charge in [-0.1, -0.05) is 61.4 Å². The number of pyridine rings is 3. The van der Waals surface area contributed by atoms with Crippen molar-refractivity contribution in [1.29, 1.82) is 0 Å². The number of hydrogen-bond donors (Lipinski definition) is 0. The number of aryl methyl sites for hydroxylation is 2. The van der Waals surface area contributed by atoms with E-state index in [1.54, 1.807) is 0 Å². The summed E-state index contributed by atoms with van der Waals surface area (Å²) in [6.45, 7) is 4.19. The molecule has 0 atom stereocenters. The Morgan fingerprint density at radius 1 is 0.600 bits per heavy atom. The number of ether oxygens (including phenoxy) is 1. The van der Waals surface area contributed by atoms with Crippen molar-refractivity contribution in [1.82, 2.24) is 15.0 Å². The Balaban J connectivity index is 0.000000181. The van der Waals surface area contributed by atoms with Crippen LogP contribution in [0.5, 0.6) is 11.6 Å². The van der Waals surface area contributed by atoms with Crippen LogP contribution in [0.3, 0.4) is 0 Å². The summed E-state index contributed by atoms with van der Waals surface area (Å²) in [4.78, 5) is 13.3. The summed E-state index contributed by atoms with van der Waals surface area (Å²) in [6, 6.07) is 44.6. The quantitative estimate of drug-likeness (QED) is 0.170. The van der Waals surface area contributed by atoms with E-state index >= 15 is 0 Å². The van der Waals surface area contributed by atoms with E-state index in [2.05, 4.69) is 53.1 Å². The van der Waals surface area contributed by atoms with Gasteiger partial charge in [0.25, 0.3) is 0 Å². The second-order valence-corrected chi connectivity index (χ2v) is 8.78. The zero-order valence-electron chi connectivity index (χ0n) is 22.1. The minimum atomic E-state index is 0. The maximum atomic E-state index is 5.66. The molecule has 0 aliphatic rings. The van der Waals surface area contributed by atoms with Gasteiger partial charge in [0.05, 0.1) is 0 Å². The third-order valence-electron chi connectivity index (χ3n) is 5.92. The first-order valence-electron chi connectivity index (χ1n) is 12.6. The first-order valence-corrected chi connectivity index (χ1v) is 12.6. The molecule has 5 heteroatoms. The Morgan fingerprint density at radius 2 is 1.20 bits per heavy atom. The Hall–Kier alpha value is -4.44. The minimum absolute atomic E-state index is 0. The summed E-state index contributed by atoms with van der Waals surface area (Å²) in [5, 5.41) is 0. The van der Waals surface area contributed by atoms with Crippen LogP contribution in [0, 0.1) is 32.0 Å². The largest absolute Gasteiger partial charge is 3.00 e. The van der Waals surface area contributed by atoms with Crippen molar-refractivity contribution in [2.75, 3.05) is 0 Å². The van der Waals surface area contributed by atoms with E-state index in [0.29, 0.717) is 11.6 Å². The molecule has 0 fully saturated rings. The average molecular weight is 697 g/mol. The second-order valence-electron chi connectivity index (χ2n) is 8.78. The zero-order chi connectivity index (χ0) is 26.9. The van der Waals surface area contributed by atoms with Gasteiger partial charge in [-0.3, -0.25) is 15.0 Å². The first-order chi connectivity index (χ1) is 19.2. The third-order valence-corrected chi connectivity index (χ3v) is 5.92. The zero-order valence-corrected chi connectivity index (χ0v) is 24.5. The first kappa shape index (κ1) is 28.6. The molecule has 0 amide bonds. The predicted molar refractivity (Wildman–Crippen MR) is 155 cm³/mol. The molecule has 3 aromatic carbocycles. The number of nitrogens with zero attached hydrogens (tertiary/aromatic N) is 3. The van der Waals surface area contributed by atoms with Gasteiger partial charge < -0.3 is 4.74 Å². The van der Waals surface area contributed by atoms with Crippen molar-refractivity contribution in [3.8, 4) is 45.4 Å². The second kappa shape index (κ2) is 14.1. The van der Waals surface area contributed by atoms with Crippen LogP contribution in [0.1, 0.15) is 11.1 Å². The van der Waals surface area contributed by atoms with Gasteiger partial charge in [-0.2, -0.15) is 18.2 Å². The van der Waals surface area contributed by atoms with Gasteiger partial charge in [-0.05, 0) is 23.9 Å². The van der Waals surface area contributed by atoms with Crippen molar-refractivity contribution in [3.05, 3.63) is 151 Å². The normalized spacial score (nSPS) is 10.1. The van der Waals surface area contributed by atoms with Gasteiger partial charge in [-0.25, -0.2) is 0 Å². The molecule has 0 N–H and O–H groups in total. The minimum Gasteiger partial charge on any atom is -0.466 e. The van der Waals surface area contributed by atoms with E-state index in [4.69, 9.17) is 4.74 Å². The smallest absolute Gasteiger partial charge is 0.466 e. The summed E-state index contributed by atoms with van der Waals surface area (Å²) < 4.78 is 5.66. The molecule has 0 aliphatic carbocycles. The van der Waals surface area contributed by atoms with E-state index in [9.17, 15) is 0 Å². The van der Waals surface area contributed by atoms with Crippen LogP contribution in [0.25, 0.3) is 33.8 Å². The molecular weight excluding hydrogens is 671 g/mol. The van der Waals surface area contributed by atoms with Crippen molar-refractivity contribution in [2.45, 2.75) is 13.8 Å². The van der Waals surface area contributed by atoms with Crippen molar-refractivity contribution in [2.24, 2.45) is 0 Å². The van der Waals surface area contributed by atoms with E-state index in [1.807, 2.05) is 116 Å². The third kappa shape index (κ3) is 7.35. The van der Waals surface area contributed by atoms with E-state index < -0.39 is 0 Å². The number of benzene rings is 3. The Bertz CT molecular complexity index is 1570. The van der Waals surface area contributed by atoms with Gasteiger partial charge >= 0.3 is 20.1 Å². The number of rotatable bonds is 5. The van der Waals surface area contributed by atoms with E-state index in [-0.39, 0.29) is 20.1 Å². The molecule has 0 bridgehead atoms. The SMILES string of the molecule is Cc1cc(C)c(-c2ccccn2)[c-]c1-c1ccccn1.[Ir+3].[c-]1ccccc1Oc1cccc(-c2[c-]cccc2)n1. The summed E-state index contributed by atoms with van der Waals surface area (Å²) >= 11 is 0. The molecule has 0 saturated carbocycles. The van der Waals surface area contributed by atoms with Crippen molar-refractivity contribution in [3.63, 3.8) is 0 Å². The van der Waals surface area contributed by atoms with E-state index in [1.165, 1.54) is 11.1 Å². The van der Waals surface area contributed by atoms with Crippen LogP contribution < -0.4 is 4.74 Å². The maximum Gasteiger partial charge on any atom is 3.00 e. The summed E-state index contributed by atoms with van der Waals surface area (Å²) in [5.41, 5.74) is 8.12. The average Bonchev–Trinajstić information content (AvgIpc) is 3.00. The fourth-order valence-electron chi connectivity index (χ4n) is 4.07. The molecule has 4 nitrogen and oxygen atoms in total. The Morgan fingerprint density at radius 3 is 1.75 bits per heavy atom. The van der Waals surface area contributed by atoms with Crippen LogP contribution in [0.4, 0.5) is 0 Å². The number of hydrogen-bond acceptors (Lipinski definition) is 4. The molecular formula is C35H26IrN3O. The van der Waals surface area contributed by atoms with Gasteiger partial charge in [0, 0.05) is 29.5 Å². The molecule has 0 spiro atoms. The molecule has 6 rings (SSSR count). The van der Waals surface area contributed by atoms with Crippen LogP contribution in [0.2, 0.25) is 0 Å². The topological polar surface area (TPSA) is 47.9 Å². The number of aromatic nitrogens is 3. The Kier molecular flexibility index (Phi) is 10.1. The maximum absolute atomic E-state index is 5.66. The molecule has 40 heavy (non-hydrogen) atoms. The fraction of sp³-hybridized carbons (Fsp3) is 0.0571. The molecule has 0 radical (unpaired) electrons. The molecule has 0 saturated heterocycles. The predicted octanol–water partition coefficient (Wildman–Crippen LogP) is 8.37. The van der Waals surface area contributed by atoms with Crippen LogP contribution in [0.15, 0.2) is 122 Å². The van der Waals surface area contributed by atoms with Crippen molar-refractivity contribution >= 4 is 0 Å². The molecule has 3 aromatic heterocycles. The monoisotopic (exact) mass is 697 g/mol. The Labute approximate surface area is 249 Å². The standard InChI is InChI=1S/C18H15N2.C17H11NO.Ir/c1-13-11-14(2)16(18-8-4-6-10-20-18)12-15(13)17-7-3-5-9-19-17;1-3-8-14(9-4-1)16-12-7-13-17(18-16)19-15-10-5-2-6-11-15;/h3-11H,1-2H3;1-8,10,12-13H;/q-1;-2;+3. The van der Waals surface area contributed by atoms with Crippen LogP contribution in [-0.4, -0.2) is 15.0 Å². The molecule has 196 valence electrons. The van der Waals surface area contributed by atoms with Gasteiger partial charge in [0.15, 0.2) is 0 Å². The molecule has 0 unspecified atom stereocenters. The van der Waals surface area contributed by atoms with Crippen LogP contribution >= 0.6 is 0 Å². The summed E-state index contributed by atoms with van der Waals surface area (Å²) in [6.07, 6.45) is 3.62. The van der Waals surface area contributed by atoms with Crippen molar-refractivity contribution < 1.29 is 24.8 Å². The van der Waals surface area contributed by atoms with Gasteiger partial charge in [0.2, 0.25) is 5.88 Å². The van der Waals surface area contributed by atoms with E-state index in [0.717, 1.165) is 33.8 Å².